The van der Waals surface area contributed by atoms with Crippen LogP contribution in [-0.2, 0) is 11.2 Å². The Bertz CT molecular complexity index is 603. The molecular formula is C15H15NO4. The van der Waals surface area contributed by atoms with Crippen LogP contribution in [0.4, 0.5) is 0 Å². The van der Waals surface area contributed by atoms with Gasteiger partial charge >= 0.3 is 0 Å². The number of carbonyl (C=O) groups is 1. The maximum Gasteiger partial charge on any atom is 0.217 e. The molecule has 0 saturated heterocycles. The molecule has 0 aliphatic heterocycles. The number of hydrogen-bond donors (Lipinski definition) is 0. The first-order valence-electron chi connectivity index (χ1n) is 6.31. The average molecular weight is 273 g/mol. The van der Waals surface area contributed by atoms with Crippen molar-refractivity contribution in [1.29, 1.82) is 0 Å². The molecule has 0 aliphatic carbocycles. The standard InChI is InChI=1S/C15H15NO4/c1-11(17)9-13-7-8-15(20-13)14(10-16(18)19)12-5-3-2-4-6-12/h2-8,14H,9-10H2,1H3. The van der Waals surface area contributed by atoms with Gasteiger partial charge < -0.3 is 4.42 Å². The molecule has 1 unspecified atom stereocenters. The average Bonchev–Trinajstić information content (AvgIpc) is 2.84. The van der Waals surface area contributed by atoms with E-state index in [1.807, 2.05) is 30.3 Å². The van der Waals surface area contributed by atoms with E-state index in [9.17, 15) is 14.9 Å². The molecule has 5 nitrogen and oxygen atoms in total. The number of benzene rings is 1. The molecule has 20 heavy (non-hydrogen) atoms. The number of rotatable bonds is 6. The van der Waals surface area contributed by atoms with Gasteiger partial charge in [-0.15, -0.1) is 0 Å². The smallest absolute Gasteiger partial charge is 0.217 e. The summed E-state index contributed by atoms with van der Waals surface area (Å²) in [5, 5.41) is 10.9. The van der Waals surface area contributed by atoms with Gasteiger partial charge in [-0.3, -0.25) is 14.9 Å². The van der Waals surface area contributed by atoms with Crippen molar-refractivity contribution < 1.29 is 14.1 Å². The van der Waals surface area contributed by atoms with Gasteiger partial charge in [-0.25, -0.2) is 0 Å². The third-order valence-electron chi connectivity index (χ3n) is 2.98. The third kappa shape index (κ3) is 3.54. The summed E-state index contributed by atoms with van der Waals surface area (Å²) in [5.41, 5.74) is 0.827. The maximum absolute atomic E-state index is 11.1. The van der Waals surface area contributed by atoms with Crippen molar-refractivity contribution in [2.75, 3.05) is 6.54 Å². The van der Waals surface area contributed by atoms with Crippen molar-refractivity contribution in [2.45, 2.75) is 19.3 Å². The lowest BCUT2D eigenvalue weighted by Gasteiger charge is -2.10. The van der Waals surface area contributed by atoms with Crippen molar-refractivity contribution in [3.8, 4) is 0 Å². The minimum absolute atomic E-state index is 0.00330. The molecule has 0 spiro atoms. The van der Waals surface area contributed by atoms with Crippen LogP contribution in [0.15, 0.2) is 46.9 Å². The molecule has 0 aliphatic rings. The van der Waals surface area contributed by atoms with Crippen LogP contribution in [0.25, 0.3) is 0 Å². The predicted octanol–water partition coefficient (Wildman–Crippen LogP) is 2.82. The van der Waals surface area contributed by atoms with Crippen molar-refractivity contribution in [1.82, 2.24) is 0 Å². The first-order valence-corrected chi connectivity index (χ1v) is 6.31. The molecule has 0 radical (unpaired) electrons. The van der Waals surface area contributed by atoms with E-state index >= 15 is 0 Å². The first-order chi connectivity index (χ1) is 9.56. The Morgan fingerprint density at radius 3 is 2.55 bits per heavy atom. The van der Waals surface area contributed by atoms with E-state index in [0.29, 0.717) is 11.5 Å². The summed E-state index contributed by atoms with van der Waals surface area (Å²) in [6.45, 7) is 1.24. The second kappa shape index (κ2) is 6.14. The molecule has 1 atom stereocenters. The fourth-order valence-corrected chi connectivity index (χ4v) is 2.12. The lowest BCUT2D eigenvalue weighted by atomic mass is 9.97. The monoisotopic (exact) mass is 273 g/mol. The van der Waals surface area contributed by atoms with Gasteiger partial charge in [-0.2, -0.15) is 0 Å². The molecule has 1 heterocycles. The number of ketones is 1. The number of furan rings is 1. The van der Waals surface area contributed by atoms with Crippen LogP contribution in [0.5, 0.6) is 0 Å². The molecule has 0 saturated carbocycles. The highest BCUT2D eigenvalue weighted by molar-refractivity contribution is 5.77. The van der Waals surface area contributed by atoms with E-state index < -0.39 is 5.92 Å². The summed E-state index contributed by atoms with van der Waals surface area (Å²) in [5.74, 6) is 0.615. The zero-order valence-electron chi connectivity index (χ0n) is 11.1. The van der Waals surface area contributed by atoms with E-state index in [4.69, 9.17) is 4.42 Å². The lowest BCUT2D eigenvalue weighted by Crippen LogP contribution is -2.13. The minimum atomic E-state index is -0.438. The fourth-order valence-electron chi connectivity index (χ4n) is 2.12. The largest absolute Gasteiger partial charge is 0.465 e. The fraction of sp³-hybridized carbons (Fsp3) is 0.267. The first kappa shape index (κ1) is 14.0. The van der Waals surface area contributed by atoms with E-state index in [0.717, 1.165) is 5.56 Å². The Hall–Kier alpha value is -2.43. The SMILES string of the molecule is CC(=O)Cc1ccc(C(C[N+](=O)[O-])c2ccccc2)o1. The zero-order valence-corrected chi connectivity index (χ0v) is 11.1. The predicted molar refractivity (Wildman–Crippen MR) is 73.2 cm³/mol. The van der Waals surface area contributed by atoms with Gasteiger partial charge in [0.2, 0.25) is 6.54 Å². The van der Waals surface area contributed by atoms with E-state index in [1.54, 1.807) is 12.1 Å². The van der Waals surface area contributed by atoms with Crippen LogP contribution in [0.2, 0.25) is 0 Å². The van der Waals surface area contributed by atoms with Crippen LogP contribution in [-0.4, -0.2) is 17.3 Å². The third-order valence-corrected chi connectivity index (χ3v) is 2.98. The number of hydrogen-bond acceptors (Lipinski definition) is 4. The Balaban J connectivity index is 2.29. The minimum Gasteiger partial charge on any atom is -0.465 e. The molecule has 0 bridgehead atoms. The van der Waals surface area contributed by atoms with E-state index in [2.05, 4.69) is 0 Å². The Morgan fingerprint density at radius 2 is 1.95 bits per heavy atom. The number of nitrogens with zero attached hydrogens (tertiary/aromatic N) is 1. The Labute approximate surface area is 116 Å². The van der Waals surface area contributed by atoms with Gasteiger partial charge in [0.05, 0.1) is 6.42 Å². The van der Waals surface area contributed by atoms with Crippen LogP contribution < -0.4 is 0 Å². The molecule has 2 aromatic rings. The van der Waals surface area contributed by atoms with Crippen LogP contribution in [0, 0.1) is 10.1 Å². The van der Waals surface area contributed by atoms with Crippen molar-refractivity contribution in [2.24, 2.45) is 0 Å². The summed E-state index contributed by atoms with van der Waals surface area (Å²) in [6, 6.07) is 12.6. The summed E-state index contributed by atoms with van der Waals surface area (Å²) < 4.78 is 5.59. The second-order valence-electron chi connectivity index (χ2n) is 4.66. The van der Waals surface area contributed by atoms with Gasteiger partial charge in [0.15, 0.2) is 0 Å². The molecule has 1 aromatic carbocycles. The van der Waals surface area contributed by atoms with Gasteiger partial charge in [-0.1, -0.05) is 30.3 Å². The van der Waals surface area contributed by atoms with Gasteiger partial charge in [0.25, 0.3) is 0 Å². The Kier molecular flexibility index (Phi) is 4.30. The molecule has 0 amide bonds. The summed E-state index contributed by atoms with van der Waals surface area (Å²) >= 11 is 0. The summed E-state index contributed by atoms with van der Waals surface area (Å²) in [6.07, 6.45) is 0.208. The molecule has 104 valence electrons. The topological polar surface area (TPSA) is 73.3 Å². The highest BCUT2D eigenvalue weighted by atomic mass is 16.6. The van der Waals surface area contributed by atoms with Crippen LogP contribution in [0.3, 0.4) is 0 Å². The van der Waals surface area contributed by atoms with Crippen molar-refractivity contribution in [3.05, 3.63) is 69.7 Å². The van der Waals surface area contributed by atoms with E-state index in [-0.39, 0.29) is 23.7 Å². The zero-order chi connectivity index (χ0) is 14.5. The molecule has 5 heteroatoms. The van der Waals surface area contributed by atoms with Crippen LogP contribution in [0.1, 0.15) is 29.9 Å². The number of Topliss-reactive ketones (excluding diaryl/α,β-unsaturated/α-hetero) is 1. The number of nitro groups is 1. The Morgan fingerprint density at radius 1 is 1.25 bits per heavy atom. The second-order valence-corrected chi connectivity index (χ2v) is 4.66. The van der Waals surface area contributed by atoms with Gasteiger partial charge in [0, 0.05) is 4.92 Å². The highest BCUT2D eigenvalue weighted by Gasteiger charge is 2.23. The normalized spacial score (nSPS) is 12.1. The molecule has 1 aromatic heterocycles. The lowest BCUT2D eigenvalue weighted by molar-refractivity contribution is -0.482. The van der Waals surface area contributed by atoms with Crippen LogP contribution >= 0.6 is 0 Å². The maximum atomic E-state index is 11.1. The molecule has 0 N–H and O–H groups in total. The van der Waals surface area contributed by atoms with Crippen molar-refractivity contribution >= 4 is 5.78 Å². The van der Waals surface area contributed by atoms with E-state index in [1.165, 1.54) is 6.92 Å². The highest BCUT2D eigenvalue weighted by Crippen LogP contribution is 2.26. The van der Waals surface area contributed by atoms with Gasteiger partial charge in [-0.05, 0) is 24.6 Å². The van der Waals surface area contributed by atoms with Crippen molar-refractivity contribution in [3.63, 3.8) is 0 Å². The van der Waals surface area contributed by atoms with Gasteiger partial charge in [0.1, 0.15) is 23.2 Å². The molecule has 2 rings (SSSR count). The summed E-state index contributed by atoms with van der Waals surface area (Å²) in [4.78, 5) is 21.6. The quantitative estimate of drug-likeness (QED) is 0.599. The molecular weight excluding hydrogens is 258 g/mol. The molecule has 0 fully saturated rings. The summed E-state index contributed by atoms with van der Waals surface area (Å²) in [7, 11) is 0. The number of carbonyl (C=O) groups excluding carboxylic acids is 1.